The van der Waals surface area contributed by atoms with E-state index in [0.29, 0.717) is 0 Å². The summed E-state index contributed by atoms with van der Waals surface area (Å²) >= 11 is 0. The highest BCUT2D eigenvalue weighted by Crippen LogP contribution is 2.63. The molecule has 5 aliphatic carbocycles. The molecule has 4 aromatic carbocycles. The summed E-state index contributed by atoms with van der Waals surface area (Å²) in [4.78, 5) is 9.87. The molecule has 0 fully saturated rings. The number of hydrogen-bond donors (Lipinski definition) is 0. The van der Waals surface area contributed by atoms with Crippen LogP contribution in [0, 0.1) is 6.92 Å². The van der Waals surface area contributed by atoms with Gasteiger partial charge >= 0.3 is 0 Å². The molecule has 0 aliphatic heterocycles. The monoisotopic (exact) mass is 964 g/mol. The number of aryl methyl sites for hydroxylation is 1. The molecule has 1 heterocycles. The number of aromatic nitrogens is 1. The van der Waals surface area contributed by atoms with E-state index in [1.165, 1.54) is 83.8 Å². The second kappa shape index (κ2) is 22.0. The van der Waals surface area contributed by atoms with Crippen molar-refractivity contribution in [3.05, 3.63) is 298 Å². The van der Waals surface area contributed by atoms with Gasteiger partial charge in [-0.3, -0.25) is 4.98 Å². The van der Waals surface area contributed by atoms with Crippen molar-refractivity contribution in [3.8, 4) is 11.1 Å². The van der Waals surface area contributed by atoms with E-state index in [4.69, 9.17) is 4.98 Å². The molecule has 3 heteroatoms. The first kappa shape index (κ1) is 49.6. The second-order valence-electron chi connectivity index (χ2n) is 20.3. The van der Waals surface area contributed by atoms with Crippen molar-refractivity contribution in [2.24, 2.45) is 0 Å². The smallest absolute Gasteiger partial charge is 0.0641 e. The van der Waals surface area contributed by atoms with Crippen LogP contribution >= 0.6 is 0 Å². The van der Waals surface area contributed by atoms with Gasteiger partial charge in [-0.1, -0.05) is 182 Å². The normalized spacial score (nSPS) is 19.2. The molecule has 3 nitrogen and oxygen atoms in total. The largest absolute Gasteiger partial charge is 0.339 e. The maximum Gasteiger partial charge on any atom is 0.0641 e. The molecule has 5 aliphatic rings. The number of fused-ring (bicyclic) bond motifs is 6. The second-order valence-corrected chi connectivity index (χ2v) is 20.3. The molecule has 0 amide bonds. The van der Waals surface area contributed by atoms with Gasteiger partial charge in [-0.2, -0.15) is 0 Å². The summed E-state index contributed by atoms with van der Waals surface area (Å²) in [6.07, 6.45) is 50.5. The SMILES string of the molecule is C=C/C=C(\C=C/N(c1ccc(C)nc1)C1C=CC2=C(C1)C(C1=CC=CCC1)(c1ccccc1)c1cc(N(/C(C)=C/C=C(C)C)c3ccc(C4=CCCC=C4)cc3)c3c(c12)Cc1ccccc1-3)C(/C=C\C)=C/C=C\C. The van der Waals surface area contributed by atoms with Crippen LogP contribution in [0.5, 0.6) is 0 Å². The van der Waals surface area contributed by atoms with Gasteiger partial charge in [-0.05, 0) is 189 Å². The Morgan fingerprint density at radius 1 is 0.770 bits per heavy atom. The highest BCUT2D eigenvalue weighted by Gasteiger charge is 2.52. The predicted molar refractivity (Wildman–Crippen MR) is 318 cm³/mol. The summed E-state index contributed by atoms with van der Waals surface area (Å²) in [5, 5.41) is 0. The first-order valence-corrected chi connectivity index (χ1v) is 26.6. The fourth-order valence-corrected chi connectivity index (χ4v) is 11.9. The fourth-order valence-electron chi connectivity index (χ4n) is 11.9. The molecule has 0 saturated heterocycles. The highest BCUT2D eigenvalue weighted by atomic mass is 15.2. The van der Waals surface area contributed by atoms with Gasteiger partial charge in [-0.25, -0.2) is 0 Å². The van der Waals surface area contributed by atoms with Gasteiger partial charge in [0.05, 0.1) is 29.0 Å². The molecule has 0 N–H and O–H groups in total. The van der Waals surface area contributed by atoms with Crippen molar-refractivity contribution in [3.63, 3.8) is 0 Å². The van der Waals surface area contributed by atoms with Gasteiger partial charge in [-0.15, -0.1) is 0 Å². The number of nitrogens with zero attached hydrogens (tertiary/aromatic N) is 3. The van der Waals surface area contributed by atoms with Crippen LogP contribution in [-0.2, 0) is 11.8 Å². The van der Waals surface area contributed by atoms with Crippen LogP contribution in [0.15, 0.2) is 259 Å². The quantitative estimate of drug-likeness (QED) is 0.0956. The van der Waals surface area contributed by atoms with Crippen molar-refractivity contribution in [2.45, 2.75) is 91.5 Å². The van der Waals surface area contributed by atoms with Crippen LogP contribution in [0.2, 0.25) is 0 Å². The maximum absolute atomic E-state index is 4.88. The average Bonchev–Trinajstić information content (AvgIpc) is 3.97. The first-order chi connectivity index (χ1) is 36.2. The lowest BCUT2D eigenvalue weighted by Crippen LogP contribution is -2.37. The minimum Gasteiger partial charge on any atom is -0.339 e. The zero-order valence-corrected chi connectivity index (χ0v) is 44.2. The number of allylic oxidation sites excluding steroid dienone is 24. The summed E-state index contributed by atoms with van der Waals surface area (Å²) in [5.41, 5.74) is 24.8. The molecule has 0 spiro atoms. The maximum atomic E-state index is 4.88. The number of anilines is 3. The van der Waals surface area contributed by atoms with E-state index in [1.54, 1.807) is 0 Å². The minimum absolute atomic E-state index is 0.0237. The summed E-state index contributed by atoms with van der Waals surface area (Å²) in [6.45, 7) is 17.0. The predicted octanol–water partition coefficient (Wildman–Crippen LogP) is 18.6. The van der Waals surface area contributed by atoms with Gasteiger partial charge in [0.2, 0.25) is 0 Å². The molecular weight excluding hydrogens is 895 g/mol. The van der Waals surface area contributed by atoms with Crippen LogP contribution in [-0.4, -0.2) is 11.0 Å². The van der Waals surface area contributed by atoms with E-state index in [2.05, 4.69) is 264 Å². The third-order valence-corrected chi connectivity index (χ3v) is 15.2. The molecule has 2 unspecified atom stereocenters. The minimum atomic E-state index is -0.547. The van der Waals surface area contributed by atoms with Gasteiger partial charge < -0.3 is 9.80 Å². The number of pyridine rings is 1. The Labute approximate surface area is 441 Å². The molecule has 74 heavy (non-hydrogen) atoms. The van der Waals surface area contributed by atoms with Crippen molar-refractivity contribution >= 4 is 28.2 Å². The van der Waals surface area contributed by atoms with E-state index < -0.39 is 5.41 Å². The Kier molecular flexibility index (Phi) is 14.7. The zero-order chi connectivity index (χ0) is 51.2. The summed E-state index contributed by atoms with van der Waals surface area (Å²) in [6, 6.07) is 36.9. The van der Waals surface area contributed by atoms with Gasteiger partial charge in [0.15, 0.2) is 0 Å². The summed E-state index contributed by atoms with van der Waals surface area (Å²) in [7, 11) is 0. The lowest BCUT2D eigenvalue weighted by Gasteiger charge is -2.42. The third-order valence-electron chi connectivity index (χ3n) is 15.2. The average molecular weight is 964 g/mol. The lowest BCUT2D eigenvalue weighted by atomic mass is 9.63. The van der Waals surface area contributed by atoms with Gasteiger partial charge in [0.25, 0.3) is 0 Å². The van der Waals surface area contributed by atoms with Gasteiger partial charge in [0.1, 0.15) is 0 Å². The molecule has 10 rings (SSSR count). The van der Waals surface area contributed by atoms with Crippen LogP contribution in [0.3, 0.4) is 0 Å². The Bertz CT molecular complexity index is 3380. The molecule has 0 radical (unpaired) electrons. The van der Waals surface area contributed by atoms with Gasteiger partial charge in [0, 0.05) is 28.8 Å². The zero-order valence-electron chi connectivity index (χ0n) is 44.2. The van der Waals surface area contributed by atoms with Crippen LogP contribution < -0.4 is 9.80 Å². The lowest BCUT2D eigenvalue weighted by molar-refractivity contribution is 0.616. The fraction of sp³-hybridized carbons (Fsp3) is 0.197. The molecule has 0 saturated carbocycles. The first-order valence-electron chi connectivity index (χ1n) is 26.6. The third kappa shape index (κ3) is 9.44. The molecule has 368 valence electrons. The number of benzene rings is 4. The molecular formula is C71H69N3. The molecule has 2 atom stereocenters. The van der Waals surface area contributed by atoms with E-state index in [-0.39, 0.29) is 6.04 Å². The molecule has 5 aromatic rings. The molecule has 1 aromatic heterocycles. The summed E-state index contributed by atoms with van der Waals surface area (Å²) < 4.78 is 0. The number of rotatable bonds is 15. The van der Waals surface area contributed by atoms with Crippen molar-refractivity contribution in [1.29, 1.82) is 0 Å². The number of hydrogen-bond acceptors (Lipinski definition) is 3. The van der Waals surface area contributed by atoms with Crippen LogP contribution in [0.4, 0.5) is 17.1 Å². The Morgan fingerprint density at radius 3 is 2.28 bits per heavy atom. The van der Waals surface area contributed by atoms with Crippen LogP contribution in [0.25, 0.3) is 22.3 Å². The highest BCUT2D eigenvalue weighted by molar-refractivity contribution is 6.02. The van der Waals surface area contributed by atoms with E-state index in [1.807, 2.05) is 12.3 Å². The Hall–Kier alpha value is -8.01. The van der Waals surface area contributed by atoms with Crippen molar-refractivity contribution in [1.82, 2.24) is 4.98 Å². The standard InChI is InChI=1S/C71H69N3/c1-8-11-25-53(23-9-2)54(24-10-3)44-45-73(62-39-35-51(6)72-49-62)61-42-43-64-66(47-61)71(58-29-17-13-18-30-58,59-31-19-14-20-32-59)67-48-68(70-63-33-22-21-28-57(63)46-65(70)69(64)67)74(52(7)36-34-50(4)5)60-40-37-56(38-41-60)55-26-15-12-16-27-55/h8-11,13-15,17-19,21-31,33-45,48-49,61H,3,12,16,20,32,46-47H2,1-2,4-7H3/b11-8-,23-9-,45-44-,52-36+,53-25+,54-24+. The van der Waals surface area contributed by atoms with Crippen LogP contribution in [0.1, 0.15) is 106 Å². The molecule has 0 bridgehead atoms. The van der Waals surface area contributed by atoms with Crippen molar-refractivity contribution < 1.29 is 0 Å². The summed E-state index contributed by atoms with van der Waals surface area (Å²) in [5.74, 6) is 0. The van der Waals surface area contributed by atoms with E-state index in [0.717, 1.165) is 66.7 Å². The topological polar surface area (TPSA) is 19.4 Å². The Morgan fingerprint density at radius 2 is 1.57 bits per heavy atom. The van der Waals surface area contributed by atoms with E-state index in [9.17, 15) is 0 Å². The van der Waals surface area contributed by atoms with Crippen molar-refractivity contribution in [2.75, 3.05) is 9.80 Å². The Balaban J connectivity index is 1.22. The van der Waals surface area contributed by atoms with E-state index >= 15 is 0 Å².